The van der Waals surface area contributed by atoms with Crippen LogP contribution in [0.2, 0.25) is 0 Å². The maximum atomic E-state index is 12.1. The van der Waals surface area contributed by atoms with Gasteiger partial charge in [-0.25, -0.2) is 0 Å². The van der Waals surface area contributed by atoms with Crippen molar-refractivity contribution in [2.45, 2.75) is 111 Å². The Kier molecular flexibility index (Phi) is 6.97. The van der Waals surface area contributed by atoms with Crippen molar-refractivity contribution in [2.75, 3.05) is 0 Å². The van der Waals surface area contributed by atoms with Crippen molar-refractivity contribution in [3.05, 3.63) is 11.6 Å². The molecule has 3 fully saturated rings. The molecule has 0 amide bonds. The molecule has 0 aliphatic heterocycles. The Morgan fingerprint density at radius 2 is 1.73 bits per heavy atom. The molecule has 0 aromatic rings. The number of aliphatic hydroxyl groups is 3. The molecule has 4 rings (SSSR count). The van der Waals surface area contributed by atoms with Gasteiger partial charge in [0.25, 0.3) is 0 Å². The van der Waals surface area contributed by atoms with Crippen molar-refractivity contribution in [1.29, 1.82) is 0 Å². The van der Waals surface area contributed by atoms with Crippen molar-refractivity contribution in [3.63, 3.8) is 0 Å². The molecule has 3 N–H and O–H groups in total. The minimum atomic E-state index is -0.691. The molecule has 4 aliphatic rings. The number of rotatable bonds is 6. The Labute approximate surface area is 201 Å². The van der Waals surface area contributed by atoms with E-state index in [9.17, 15) is 20.1 Å². The minimum Gasteiger partial charge on any atom is -0.390 e. The molecule has 0 saturated heterocycles. The van der Waals surface area contributed by atoms with Crippen LogP contribution in [0.3, 0.4) is 0 Å². The van der Waals surface area contributed by atoms with E-state index in [-0.39, 0.29) is 28.4 Å². The van der Waals surface area contributed by atoms with Crippen molar-refractivity contribution in [2.24, 2.45) is 52.3 Å². The van der Waals surface area contributed by atoms with Gasteiger partial charge in [0.1, 0.15) is 0 Å². The molecule has 0 bridgehead atoms. The zero-order valence-corrected chi connectivity index (χ0v) is 21.8. The standard InChI is InChI=1S/C29H48O4/c1-7-19(16(2)3)27(33)26(32)17(4)21-8-9-22-20-15-25(31)24-14-18(30)10-12-29(24,6)23(20)11-13-28(21,22)5/h14,16-17,19-23,25-27,31-33H,7-13,15H2,1-6H3/t17-,19-,20-,21+,22-,23-,25-,26-,27-,28+,29+/m0/s1. The predicted molar refractivity (Wildman–Crippen MR) is 131 cm³/mol. The van der Waals surface area contributed by atoms with Crippen LogP contribution >= 0.6 is 0 Å². The van der Waals surface area contributed by atoms with E-state index in [1.165, 1.54) is 0 Å². The second kappa shape index (κ2) is 9.06. The lowest BCUT2D eigenvalue weighted by molar-refractivity contribution is -0.122. The number of fused-ring (bicyclic) bond motifs is 5. The van der Waals surface area contributed by atoms with Gasteiger partial charge in [-0.05, 0) is 102 Å². The first kappa shape index (κ1) is 25.4. The molecule has 33 heavy (non-hydrogen) atoms. The number of hydrogen-bond donors (Lipinski definition) is 3. The summed E-state index contributed by atoms with van der Waals surface area (Å²) < 4.78 is 0. The fraction of sp³-hybridized carbons (Fsp3) is 0.897. The van der Waals surface area contributed by atoms with E-state index >= 15 is 0 Å². The zero-order chi connectivity index (χ0) is 24.3. The molecule has 3 saturated carbocycles. The molecule has 0 aromatic carbocycles. The normalized spacial score (nSPS) is 44.4. The number of hydrogen-bond acceptors (Lipinski definition) is 4. The Hall–Kier alpha value is -0.710. The maximum Gasteiger partial charge on any atom is 0.155 e. The van der Waals surface area contributed by atoms with E-state index < -0.39 is 18.3 Å². The van der Waals surface area contributed by atoms with Gasteiger partial charge in [-0.3, -0.25) is 4.79 Å². The number of carbonyl (C=O) groups excluding carboxylic acids is 1. The van der Waals surface area contributed by atoms with E-state index in [4.69, 9.17) is 0 Å². The smallest absolute Gasteiger partial charge is 0.155 e. The quantitative estimate of drug-likeness (QED) is 0.512. The van der Waals surface area contributed by atoms with Crippen LogP contribution in [0.1, 0.15) is 92.9 Å². The maximum absolute atomic E-state index is 12.1. The van der Waals surface area contributed by atoms with Gasteiger partial charge in [0, 0.05) is 6.42 Å². The first-order valence-electron chi connectivity index (χ1n) is 13.7. The van der Waals surface area contributed by atoms with Crippen molar-refractivity contribution in [1.82, 2.24) is 0 Å². The van der Waals surface area contributed by atoms with Crippen LogP contribution in [0.4, 0.5) is 0 Å². The van der Waals surface area contributed by atoms with Crippen LogP contribution in [0.5, 0.6) is 0 Å². The van der Waals surface area contributed by atoms with Crippen molar-refractivity contribution in [3.8, 4) is 0 Å². The lowest BCUT2D eigenvalue weighted by atomic mass is 9.46. The largest absolute Gasteiger partial charge is 0.390 e. The molecule has 4 heteroatoms. The first-order valence-corrected chi connectivity index (χ1v) is 13.7. The molecule has 188 valence electrons. The molecule has 0 spiro atoms. The Morgan fingerprint density at radius 3 is 2.36 bits per heavy atom. The monoisotopic (exact) mass is 460 g/mol. The highest BCUT2D eigenvalue weighted by Crippen LogP contribution is 2.67. The SMILES string of the molecule is CC[C@@H](C(C)C)[C@H](O)[C@@H](O)[C@@H](C)[C@H]1CC[C@H]2[C@@H]3C[C@H](O)C4=CC(=O)CC[C@]4(C)[C@H]3CC[C@]12C. The summed E-state index contributed by atoms with van der Waals surface area (Å²) in [7, 11) is 0. The van der Waals surface area contributed by atoms with Crippen LogP contribution in [0.25, 0.3) is 0 Å². The highest BCUT2D eigenvalue weighted by Gasteiger charge is 2.61. The first-order chi connectivity index (χ1) is 15.5. The van der Waals surface area contributed by atoms with Gasteiger partial charge in [0.05, 0.1) is 18.3 Å². The topological polar surface area (TPSA) is 77.8 Å². The summed E-state index contributed by atoms with van der Waals surface area (Å²) in [5.41, 5.74) is 1.09. The molecule has 0 unspecified atom stereocenters. The third-order valence-electron chi connectivity index (χ3n) is 11.3. The summed E-state index contributed by atoms with van der Waals surface area (Å²) >= 11 is 0. The van der Waals surface area contributed by atoms with Crippen LogP contribution in [-0.4, -0.2) is 39.4 Å². The summed E-state index contributed by atoms with van der Waals surface area (Å²) in [6, 6.07) is 0. The Bertz CT molecular complexity index is 774. The van der Waals surface area contributed by atoms with Gasteiger partial charge < -0.3 is 15.3 Å². The second-order valence-corrected chi connectivity index (χ2v) is 13.0. The van der Waals surface area contributed by atoms with Crippen LogP contribution in [0, 0.1) is 52.3 Å². The van der Waals surface area contributed by atoms with Crippen molar-refractivity contribution < 1.29 is 20.1 Å². The second-order valence-electron chi connectivity index (χ2n) is 13.0. The molecule has 0 aromatic heterocycles. The molecule has 11 atom stereocenters. The third kappa shape index (κ3) is 3.96. The fourth-order valence-corrected chi connectivity index (χ4v) is 9.42. The number of carbonyl (C=O) groups is 1. The Balaban J connectivity index is 1.56. The van der Waals surface area contributed by atoms with Gasteiger partial charge in [-0.15, -0.1) is 0 Å². The van der Waals surface area contributed by atoms with Crippen LogP contribution in [0.15, 0.2) is 11.6 Å². The molecular formula is C29H48O4. The summed E-state index contributed by atoms with van der Waals surface area (Å²) in [5, 5.41) is 33.4. The van der Waals surface area contributed by atoms with Crippen LogP contribution < -0.4 is 0 Å². The number of ketones is 1. The van der Waals surface area contributed by atoms with Gasteiger partial charge in [0.2, 0.25) is 0 Å². The van der Waals surface area contributed by atoms with Gasteiger partial charge >= 0.3 is 0 Å². The van der Waals surface area contributed by atoms with E-state index in [1.807, 2.05) is 0 Å². The highest BCUT2D eigenvalue weighted by atomic mass is 16.3. The van der Waals surface area contributed by atoms with E-state index in [0.29, 0.717) is 36.0 Å². The minimum absolute atomic E-state index is 0.0530. The van der Waals surface area contributed by atoms with E-state index in [1.54, 1.807) is 6.08 Å². The van der Waals surface area contributed by atoms with E-state index in [0.717, 1.165) is 50.5 Å². The molecule has 4 aliphatic carbocycles. The Morgan fingerprint density at radius 1 is 1.03 bits per heavy atom. The fourth-order valence-electron chi connectivity index (χ4n) is 9.42. The summed E-state index contributed by atoms with van der Waals surface area (Å²) in [4.78, 5) is 12.1. The highest BCUT2D eigenvalue weighted by molar-refractivity contribution is 5.91. The molecule has 0 heterocycles. The molecular weight excluding hydrogens is 412 g/mol. The average Bonchev–Trinajstić information content (AvgIpc) is 3.11. The van der Waals surface area contributed by atoms with Gasteiger partial charge in [0.15, 0.2) is 5.78 Å². The number of aliphatic hydroxyl groups excluding tert-OH is 3. The molecule has 4 nitrogen and oxygen atoms in total. The van der Waals surface area contributed by atoms with E-state index in [2.05, 4.69) is 41.5 Å². The van der Waals surface area contributed by atoms with Crippen molar-refractivity contribution >= 4 is 5.78 Å². The summed E-state index contributed by atoms with van der Waals surface area (Å²) in [6.45, 7) is 13.3. The van der Waals surface area contributed by atoms with Gasteiger partial charge in [-0.2, -0.15) is 0 Å². The lowest BCUT2D eigenvalue weighted by Gasteiger charge is -2.59. The van der Waals surface area contributed by atoms with Gasteiger partial charge in [-0.1, -0.05) is 48.0 Å². The molecule has 0 radical (unpaired) electrons. The van der Waals surface area contributed by atoms with Crippen LogP contribution in [-0.2, 0) is 4.79 Å². The summed E-state index contributed by atoms with van der Waals surface area (Å²) in [5.74, 6) is 2.67. The average molecular weight is 461 g/mol. The lowest BCUT2D eigenvalue weighted by Crippen LogP contribution is -2.54. The predicted octanol–water partition coefficient (Wildman–Crippen LogP) is 5.15. The summed E-state index contributed by atoms with van der Waals surface area (Å²) in [6.07, 6.45) is 7.58. The third-order valence-corrected chi connectivity index (χ3v) is 11.3. The zero-order valence-electron chi connectivity index (χ0n) is 21.8.